The SMILES string of the molecule is c1ccc([Si](c2ccccc2)(c2ccccc2)c2cccc(-n3c4ccccc4c4ccc(-n5c6ccccc6c6cc(C7CCCCC7)ccc65)cc43)c2)cc1. The van der Waals surface area contributed by atoms with E-state index in [1.54, 1.807) is 0 Å². The van der Waals surface area contributed by atoms with E-state index >= 15 is 0 Å². The zero-order valence-corrected chi connectivity index (χ0v) is 33.1. The van der Waals surface area contributed by atoms with Crippen molar-refractivity contribution >= 4 is 72.4 Å². The van der Waals surface area contributed by atoms with Gasteiger partial charge in [-0.15, -0.1) is 0 Å². The summed E-state index contributed by atoms with van der Waals surface area (Å²) in [4.78, 5) is 0. The molecule has 0 spiro atoms. The van der Waals surface area contributed by atoms with Crippen molar-refractivity contribution in [3.8, 4) is 11.4 Å². The van der Waals surface area contributed by atoms with Crippen LogP contribution in [0, 0.1) is 0 Å². The van der Waals surface area contributed by atoms with Gasteiger partial charge in [0.25, 0.3) is 0 Å². The van der Waals surface area contributed by atoms with E-state index in [4.69, 9.17) is 0 Å². The predicted octanol–water partition coefficient (Wildman–Crippen LogP) is 11.3. The van der Waals surface area contributed by atoms with Gasteiger partial charge in [0.2, 0.25) is 0 Å². The van der Waals surface area contributed by atoms with E-state index in [1.165, 1.54) is 113 Å². The van der Waals surface area contributed by atoms with Crippen molar-refractivity contribution in [3.63, 3.8) is 0 Å². The summed E-state index contributed by atoms with van der Waals surface area (Å²) in [5, 5.41) is 10.7. The van der Waals surface area contributed by atoms with Crippen LogP contribution >= 0.6 is 0 Å². The number of nitrogens with zero attached hydrogens (tertiary/aromatic N) is 2. The Balaban J connectivity index is 1.15. The molecule has 0 aliphatic heterocycles. The smallest absolute Gasteiger partial charge is 0.179 e. The van der Waals surface area contributed by atoms with Crippen LogP contribution in [0.4, 0.5) is 0 Å². The van der Waals surface area contributed by atoms with Crippen LogP contribution in [0.1, 0.15) is 43.6 Å². The van der Waals surface area contributed by atoms with E-state index in [9.17, 15) is 0 Å². The fourth-order valence-electron chi connectivity index (χ4n) is 10.3. The molecule has 0 unspecified atom stereocenters. The van der Waals surface area contributed by atoms with E-state index < -0.39 is 8.07 Å². The molecule has 1 fully saturated rings. The van der Waals surface area contributed by atoms with Crippen molar-refractivity contribution in [3.05, 3.63) is 206 Å². The second-order valence-electron chi connectivity index (χ2n) is 15.9. The summed E-state index contributed by atoms with van der Waals surface area (Å²) < 4.78 is 5.00. The fraction of sp³-hybridized carbons (Fsp3) is 0.111. The van der Waals surface area contributed by atoms with Gasteiger partial charge in [-0.1, -0.05) is 171 Å². The average Bonchev–Trinajstić information content (AvgIpc) is 3.80. The van der Waals surface area contributed by atoms with Gasteiger partial charge >= 0.3 is 0 Å². The first-order valence-corrected chi connectivity index (χ1v) is 22.6. The molecule has 1 aliphatic carbocycles. The number of fused-ring (bicyclic) bond motifs is 6. The van der Waals surface area contributed by atoms with Crippen LogP contribution in [-0.2, 0) is 0 Å². The lowest BCUT2D eigenvalue weighted by Crippen LogP contribution is -2.74. The summed E-state index contributed by atoms with van der Waals surface area (Å²) in [5.41, 5.74) is 8.80. The Morgan fingerprint density at radius 3 is 1.46 bits per heavy atom. The molecule has 0 radical (unpaired) electrons. The fourth-order valence-corrected chi connectivity index (χ4v) is 15.1. The molecule has 0 bridgehead atoms. The van der Waals surface area contributed by atoms with E-state index in [0.29, 0.717) is 5.92 Å². The van der Waals surface area contributed by atoms with Crippen LogP contribution in [0.5, 0.6) is 0 Å². The Morgan fingerprint density at radius 1 is 0.333 bits per heavy atom. The van der Waals surface area contributed by atoms with Crippen molar-refractivity contribution in [2.45, 2.75) is 38.0 Å². The third kappa shape index (κ3) is 5.44. The first-order valence-electron chi connectivity index (χ1n) is 20.6. The zero-order valence-electron chi connectivity index (χ0n) is 32.1. The van der Waals surface area contributed by atoms with Crippen molar-refractivity contribution in [2.24, 2.45) is 0 Å². The number of rotatable bonds is 7. The standard InChI is InChI=1S/C54H44N2Si/c1-5-18-39(19-6-1)40-32-35-53-50(36-40)48-29-14-16-31-52(48)55(53)42-33-34-49-47-28-13-15-30-51(47)56(54(49)38-42)41-20-17-27-46(37-41)57(43-21-7-2-8-22-43,44-23-9-3-10-24-44)45-25-11-4-12-26-45/h2-4,7-17,20-39H,1,5-6,18-19H2. The van der Waals surface area contributed by atoms with Gasteiger partial charge in [-0.25, -0.2) is 0 Å². The summed E-state index contributed by atoms with van der Waals surface area (Å²) in [6, 6.07) is 75.4. The lowest BCUT2D eigenvalue weighted by molar-refractivity contribution is 0.444. The number of para-hydroxylation sites is 2. The summed E-state index contributed by atoms with van der Waals surface area (Å²) >= 11 is 0. The average molecular weight is 749 g/mol. The quantitative estimate of drug-likeness (QED) is 0.113. The molecule has 2 aromatic heterocycles. The normalized spacial score (nSPS) is 13.9. The van der Waals surface area contributed by atoms with Gasteiger partial charge in [0.1, 0.15) is 0 Å². The maximum Gasteiger partial charge on any atom is 0.179 e. The number of hydrogen-bond donors (Lipinski definition) is 0. The molecule has 10 aromatic rings. The molecule has 11 rings (SSSR count). The Labute approximate surface area is 335 Å². The molecule has 2 nitrogen and oxygen atoms in total. The Hall–Kier alpha value is -6.42. The van der Waals surface area contributed by atoms with Crippen LogP contribution in [0.15, 0.2) is 200 Å². The van der Waals surface area contributed by atoms with E-state index in [1.807, 2.05) is 0 Å². The highest BCUT2D eigenvalue weighted by molar-refractivity contribution is 7.19. The molecule has 0 N–H and O–H groups in total. The van der Waals surface area contributed by atoms with E-state index in [-0.39, 0.29) is 0 Å². The summed E-state index contributed by atoms with van der Waals surface area (Å²) in [6.07, 6.45) is 6.67. The first kappa shape index (κ1) is 33.9. The van der Waals surface area contributed by atoms with Crippen molar-refractivity contribution in [1.82, 2.24) is 9.13 Å². The second kappa shape index (κ2) is 13.9. The highest BCUT2D eigenvalue weighted by Crippen LogP contribution is 2.39. The molecule has 3 heteroatoms. The molecule has 8 aromatic carbocycles. The molecule has 1 aliphatic rings. The minimum atomic E-state index is -2.73. The van der Waals surface area contributed by atoms with Crippen molar-refractivity contribution in [2.75, 3.05) is 0 Å². The molecule has 0 saturated heterocycles. The first-order chi connectivity index (χ1) is 28.3. The highest BCUT2D eigenvalue weighted by Gasteiger charge is 2.41. The lowest BCUT2D eigenvalue weighted by Gasteiger charge is -2.34. The van der Waals surface area contributed by atoms with Crippen LogP contribution in [0.25, 0.3) is 55.0 Å². The highest BCUT2D eigenvalue weighted by atomic mass is 28.3. The van der Waals surface area contributed by atoms with Crippen molar-refractivity contribution in [1.29, 1.82) is 0 Å². The number of hydrogen-bond acceptors (Lipinski definition) is 0. The molecule has 0 atom stereocenters. The Morgan fingerprint density at radius 2 is 0.825 bits per heavy atom. The minimum Gasteiger partial charge on any atom is -0.309 e. The molecular weight excluding hydrogens is 705 g/mol. The number of benzene rings is 8. The number of aromatic nitrogens is 2. The Bertz CT molecular complexity index is 2950. The van der Waals surface area contributed by atoms with Crippen LogP contribution in [0.3, 0.4) is 0 Å². The third-order valence-corrected chi connectivity index (χ3v) is 17.6. The molecular formula is C54H44N2Si. The summed E-state index contributed by atoms with van der Waals surface area (Å²) in [6.45, 7) is 0. The maximum atomic E-state index is 2.51. The van der Waals surface area contributed by atoms with E-state index in [2.05, 4.69) is 209 Å². The Kier molecular flexibility index (Phi) is 8.29. The van der Waals surface area contributed by atoms with Gasteiger partial charge in [0.15, 0.2) is 8.07 Å². The zero-order chi connectivity index (χ0) is 37.8. The van der Waals surface area contributed by atoms with Gasteiger partial charge in [-0.05, 0) is 93.6 Å². The molecule has 1 saturated carbocycles. The van der Waals surface area contributed by atoms with Crippen LogP contribution in [0.2, 0.25) is 0 Å². The van der Waals surface area contributed by atoms with Gasteiger partial charge < -0.3 is 9.13 Å². The van der Waals surface area contributed by atoms with Gasteiger partial charge in [0.05, 0.1) is 22.1 Å². The summed E-state index contributed by atoms with van der Waals surface area (Å²) in [7, 11) is -2.73. The van der Waals surface area contributed by atoms with Gasteiger partial charge in [-0.2, -0.15) is 0 Å². The molecule has 0 amide bonds. The minimum absolute atomic E-state index is 0.667. The third-order valence-electron chi connectivity index (χ3n) is 12.8. The summed E-state index contributed by atoms with van der Waals surface area (Å²) in [5.74, 6) is 0.667. The topological polar surface area (TPSA) is 9.86 Å². The van der Waals surface area contributed by atoms with Gasteiger partial charge in [0, 0.05) is 32.9 Å². The molecule has 274 valence electrons. The van der Waals surface area contributed by atoms with Crippen molar-refractivity contribution < 1.29 is 0 Å². The largest absolute Gasteiger partial charge is 0.309 e. The molecule has 57 heavy (non-hydrogen) atoms. The monoisotopic (exact) mass is 748 g/mol. The second-order valence-corrected chi connectivity index (χ2v) is 19.7. The van der Waals surface area contributed by atoms with Gasteiger partial charge in [-0.3, -0.25) is 0 Å². The molecule has 2 heterocycles. The maximum absolute atomic E-state index is 2.73. The van der Waals surface area contributed by atoms with Crippen LogP contribution in [-0.4, -0.2) is 17.2 Å². The predicted molar refractivity (Wildman–Crippen MR) is 245 cm³/mol. The van der Waals surface area contributed by atoms with E-state index in [0.717, 1.165) is 0 Å². The lowest BCUT2D eigenvalue weighted by atomic mass is 9.84. The van der Waals surface area contributed by atoms with Crippen LogP contribution < -0.4 is 20.7 Å².